The predicted octanol–water partition coefficient (Wildman–Crippen LogP) is 4.37. The number of rotatable bonds is 11. The van der Waals surface area contributed by atoms with E-state index in [0.29, 0.717) is 18.0 Å². The number of carbonyl (C=O) groups is 2. The molecule has 208 valence electrons. The van der Waals surface area contributed by atoms with E-state index < -0.39 is 28.5 Å². The molecule has 1 atom stereocenters. The fraction of sp³-hybridized carbons (Fsp3) is 0.333. The molecule has 3 aromatic rings. The van der Waals surface area contributed by atoms with E-state index in [1.54, 1.807) is 57.4 Å². The van der Waals surface area contributed by atoms with E-state index in [1.807, 2.05) is 39.0 Å². The second-order valence-electron chi connectivity index (χ2n) is 9.53. The highest BCUT2D eigenvalue weighted by molar-refractivity contribution is 7.92. The highest BCUT2D eigenvalue weighted by Gasteiger charge is 2.32. The van der Waals surface area contributed by atoms with E-state index in [0.717, 1.165) is 26.6 Å². The van der Waals surface area contributed by atoms with Crippen LogP contribution in [0.15, 0.2) is 71.6 Å². The summed E-state index contributed by atoms with van der Waals surface area (Å²) < 4.78 is 34.1. The number of anilines is 1. The van der Waals surface area contributed by atoms with Gasteiger partial charge in [0.15, 0.2) is 0 Å². The van der Waals surface area contributed by atoms with E-state index in [9.17, 15) is 18.0 Å². The molecule has 2 amide bonds. The molecule has 0 aliphatic carbocycles. The topological polar surface area (TPSA) is 96.0 Å². The molecule has 0 aliphatic heterocycles. The molecule has 8 nitrogen and oxygen atoms in total. The molecule has 0 spiro atoms. The number of methoxy groups -OCH3 is 1. The predicted molar refractivity (Wildman–Crippen MR) is 153 cm³/mol. The largest absolute Gasteiger partial charge is 0.497 e. The Kier molecular flexibility index (Phi) is 9.75. The average Bonchev–Trinajstić information content (AvgIpc) is 2.92. The molecule has 1 N–H and O–H groups in total. The summed E-state index contributed by atoms with van der Waals surface area (Å²) in [6, 6.07) is 18.2. The molecule has 0 fully saturated rings. The molecule has 1 unspecified atom stereocenters. The van der Waals surface area contributed by atoms with Crippen LogP contribution in [-0.2, 0) is 26.2 Å². The van der Waals surface area contributed by atoms with Crippen LogP contribution >= 0.6 is 0 Å². The fourth-order valence-corrected chi connectivity index (χ4v) is 5.49. The van der Waals surface area contributed by atoms with Crippen LogP contribution in [0.25, 0.3) is 0 Å². The van der Waals surface area contributed by atoms with Gasteiger partial charge in [-0.2, -0.15) is 0 Å². The van der Waals surface area contributed by atoms with E-state index in [-0.39, 0.29) is 17.3 Å². The second-order valence-corrected chi connectivity index (χ2v) is 11.4. The van der Waals surface area contributed by atoms with Crippen LogP contribution in [0.5, 0.6) is 5.75 Å². The number of likely N-dealkylation sites (N-methyl/N-ethyl adjacent to an activating group) is 1. The Labute approximate surface area is 231 Å². The van der Waals surface area contributed by atoms with Gasteiger partial charge in [-0.25, -0.2) is 8.42 Å². The Balaban J connectivity index is 2.04. The zero-order valence-corrected chi connectivity index (χ0v) is 24.2. The lowest BCUT2D eigenvalue weighted by Gasteiger charge is -2.32. The molecule has 39 heavy (non-hydrogen) atoms. The SMILES string of the molecule is CCNC(=O)C(C)N(Cc1ccc(OC)cc1)C(=O)CN(c1ccc(C)c(C)c1)S(=O)(=O)c1ccc(C)cc1. The van der Waals surface area contributed by atoms with Crippen molar-refractivity contribution in [2.45, 2.75) is 52.1 Å². The number of carbonyl (C=O) groups excluding carboxylic acids is 2. The van der Waals surface area contributed by atoms with Crippen molar-refractivity contribution in [3.63, 3.8) is 0 Å². The number of sulfonamides is 1. The molecule has 3 aromatic carbocycles. The van der Waals surface area contributed by atoms with Crippen molar-refractivity contribution in [2.75, 3.05) is 24.5 Å². The van der Waals surface area contributed by atoms with Gasteiger partial charge in [0, 0.05) is 13.1 Å². The number of benzene rings is 3. The van der Waals surface area contributed by atoms with Crippen LogP contribution in [0.4, 0.5) is 5.69 Å². The summed E-state index contributed by atoms with van der Waals surface area (Å²) in [6.45, 7) is 9.20. The van der Waals surface area contributed by atoms with E-state index in [2.05, 4.69) is 5.32 Å². The average molecular weight is 552 g/mol. The van der Waals surface area contributed by atoms with Gasteiger partial charge in [-0.05, 0) is 87.7 Å². The van der Waals surface area contributed by atoms with Gasteiger partial charge in [0.2, 0.25) is 11.8 Å². The van der Waals surface area contributed by atoms with Crippen LogP contribution < -0.4 is 14.4 Å². The normalized spacial score (nSPS) is 11.9. The third-order valence-electron chi connectivity index (χ3n) is 6.70. The van der Waals surface area contributed by atoms with E-state index in [1.165, 1.54) is 17.0 Å². The third-order valence-corrected chi connectivity index (χ3v) is 8.48. The van der Waals surface area contributed by atoms with Crippen LogP contribution in [0.2, 0.25) is 0 Å². The zero-order valence-electron chi connectivity index (χ0n) is 23.4. The molecule has 0 heterocycles. The van der Waals surface area contributed by atoms with Crippen molar-refractivity contribution in [2.24, 2.45) is 0 Å². The summed E-state index contributed by atoms with van der Waals surface area (Å²) >= 11 is 0. The molecule has 0 bridgehead atoms. The maximum absolute atomic E-state index is 13.9. The van der Waals surface area contributed by atoms with Crippen molar-refractivity contribution in [1.29, 1.82) is 0 Å². The van der Waals surface area contributed by atoms with Gasteiger partial charge in [0.25, 0.3) is 10.0 Å². The van der Waals surface area contributed by atoms with E-state index >= 15 is 0 Å². The van der Waals surface area contributed by atoms with Crippen molar-refractivity contribution >= 4 is 27.5 Å². The summed E-state index contributed by atoms with van der Waals surface area (Å²) in [6.07, 6.45) is 0. The van der Waals surface area contributed by atoms with Crippen LogP contribution in [0, 0.1) is 20.8 Å². The molecule has 0 aliphatic rings. The molecule has 0 saturated heterocycles. The van der Waals surface area contributed by atoms with Crippen LogP contribution in [0.1, 0.15) is 36.1 Å². The quantitative estimate of drug-likeness (QED) is 0.382. The molecule has 0 radical (unpaired) electrons. The Morgan fingerprint density at radius 3 is 2.13 bits per heavy atom. The number of hydrogen-bond donors (Lipinski definition) is 1. The first-order valence-corrected chi connectivity index (χ1v) is 14.3. The van der Waals surface area contributed by atoms with Gasteiger partial charge < -0.3 is 15.0 Å². The summed E-state index contributed by atoms with van der Waals surface area (Å²) in [7, 11) is -2.53. The number of nitrogens with one attached hydrogen (secondary N) is 1. The second kappa shape index (κ2) is 12.8. The van der Waals surface area contributed by atoms with Crippen molar-refractivity contribution in [3.8, 4) is 5.75 Å². The highest BCUT2D eigenvalue weighted by atomic mass is 32.2. The van der Waals surface area contributed by atoms with Crippen molar-refractivity contribution in [3.05, 3.63) is 89.0 Å². The highest BCUT2D eigenvalue weighted by Crippen LogP contribution is 2.27. The smallest absolute Gasteiger partial charge is 0.264 e. The lowest BCUT2D eigenvalue weighted by molar-refractivity contribution is -0.139. The Morgan fingerprint density at radius 1 is 0.923 bits per heavy atom. The van der Waals surface area contributed by atoms with Crippen molar-refractivity contribution in [1.82, 2.24) is 10.2 Å². The number of hydrogen-bond acceptors (Lipinski definition) is 5. The first-order valence-electron chi connectivity index (χ1n) is 12.8. The summed E-state index contributed by atoms with van der Waals surface area (Å²) in [5.74, 6) is -0.157. The zero-order chi connectivity index (χ0) is 28.7. The molecular formula is C30H37N3O5S. The molecule has 0 aromatic heterocycles. The molecular weight excluding hydrogens is 514 g/mol. The van der Waals surface area contributed by atoms with Crippen molar-refractivity contribution < 1.29 is 22.7 Å². The minimum atomic E-state index is -4.10. The maximum atomic E-state index is 13.9. The standard InChI is InChI=1S/C30H37N3O5S/c1-7-31-30(35)24(5)32(19-25-11-14-27(38-6)15-12-25)29(34)20-33(26-13-10-22(3)23(4)18-26)39(36,37)28-16-8-21(2)9-17-28/h8-18,24H,7,19-20H2,1-6H3,(H,31,35). The minimum absolute atomic E-state index is 0.0811. The van der Waals surface area contributed by atoms with Crippen LogP contribution in [0.3, 0.4) is 0 Å². The summed E-state index contributed by atoms with van der Waals surface area (Å²) in [5, 5.41) is 2.76. The number of nitrogens with zero attached hydrogens (tertiary/aromatic N) is 2. The monoisotopic (exact) mass is 551 g/mol. The Bertz CT molecular complexity index is 1400. The third kappa shape index (κ3) is 7.17. The molecule has 3 rings (SSSR count). The van der Waals surface area contributed by atoms with Gasteiger partial charge in [0.05, 0.1) is 17.7 Å². The van der Waals surface area contributed by atoms with Gasteiger partial charge in [0.1, 0.15) is 18.3 Å². The van der Waals surface area contributed by atoms with Gasteiger partial charge in [-0.15, -0.1) is 0 Å². The Morgan fingerprint density at radius 2 is 1.56 bits per heavy atom. The molecule has 0 saturated carbocycles. The fourth-order valence-electron chi connectivity index (χ4n) is 4.08. The first kappa shape index (κ1) is 29.7. The van der Waals surface area contributed by atoms with Gasteiger partial charge >= 0.3 is 0 Å². The number of amides is 2. The van der Waals surface area contributed by atoms with Gasteiger partial charge in [-0.3, -0.25) is 13.9 Å². The summed E-state index contributed by atoms with van der Waals surface area (Å²) in [4.78, 5) is 28.2. The molecule has 9 heteroatoms. The summed E-state index contributed by atoms with van der Waals surface area (Å²) in [5.41, 5.74) is 3.98. The number of aryl methyl sites for hydroxylation is 3. The maximum Gasteiger partial charge on any atom is 0.264 e. The number of ether oxygens (including phenoxy) is 1. The minimum Gasteiger partial charge on any atom is -0.497 e. The lowest BCUT2D eigenvalue weighted by atomic mass is 10.1. The van der Waals surface area contributed by atoms with Crippen LogP contribution in [-0.4, -0.2) is 51.4 Å². The lowest BCUT2D eigenvalue weighted by Crippen LogP contribution is -2.51. The Hall–Kier alpha value is -3.85. The van der Waals surface area contributed by atoms with E-state index in [4.69, 9.17) is 4.74 Å². The first-order chi connectivity index (χ1) is 18.5. The van der Waals surface area contributed by atoms with Gasteiger partial charge in [-0.1, -0.05) is 35.9 Å².